The highest BCUT2D eigenvalue weighted by Gasteiger charge is 2.18. The third-order valence-corrected chi connectivity index (χ3v) is 2.71. The van der Waals surface area contributed by atoms with Crippen molar-refractivity contribution in [2.45, 2.75) is 19.1 Å². The molecule has 2 atom stereocenters. The normalized spacial score (nSPS) is 24.4. The zero-order valence-electron chi connectivity index (χ0n) is 10.3. The summed E-state index contributed by atoms with van der Waals surface area (Å²) in [5.41, 5.74) is 0.979. The molecule has 1 fully saturated rings. The predicted octanol–water partition coefficient (Wildman–Crippen LogP) is 0.879. The number of ether oxygens (including phenoxy) is 2. The maximum absolute atomic E-state index is 5.78. The third kappa shape index (κ3) is 3.57. The average Bonchev–Trinajstić information content (AvgIpc) is 2.37. The Bertz CT molecular complexity index is 342. The van der Waals surface area contributed by atoms with Crippen molar-refractivity contribution in [1.29, 1.82) is 0 Å². The molecule has 0 spiro atoms. The van der Waals surface area contributed by atoms with E-state index in [0.717, 1.165) is 25.3 Å². The minimum atomic E-state index is 0.209. The first kappa shape index (κ1) is 12.1. The SMILES string of the molecule is COc1ccc(NC[C@@H]2CNC[C@@H](C)O2)cn1. The molecule has 0 aliphatic carbocycles. The molecule has 17 heavy (non-hydrogen) atoms. The van der Waals surface area contributed by atoms with Gasteiger partial charge in [0.25, 0.3) is 0 Å². The number of hydrogen-bond donors (Lipinski definition) is 2. The highest BCUT2D eigenvalue weighted by Crippen LogP contribution is 2.11. The summed E-state index contributed by atoms with van der Waals surface area (Å²) in [4.78, 5) is 4.13. The fraction of sp³-hybridized carbons (Fsp3) is 0.583. The summed E-state index contributed by atoms with van der Waals surface area (Å²) in [5.74, 6) is 0.625. The molecule has 1 aromatic rings. The molecule has 0 amide bonds. The molecule has 0 aromatic carbocycles. The van der Waals surface area contributed by atoms with Crippen molar-refractivity contribution in [2.24, 2.45) is 0 Å². The molecule has 2 rings (SSSR count). The molecule has 2 N–H and O–H groups in total. The fourth-order valence-electron chi connectivity index (χ4n) is 1.83. The summed E-state index contributed by atoms with van der Waals surface area (Å²) < 4.78 is 10.8. The summed E-state index contributed by atoms with van der Waals surface area (Å²) in [6.07, 6.45) is 2.25. The van der Waals surface area contributed by atoms with Crippen LogP contribution in [0.15, 0.2) is 18.3 Å². The Morgan fingerprint density at radius 1 is 1.53 bits per heavy atom. The second-order valence-electron chi connectivity index (χ2n) is 4.20. The van der Waals surface area contributed by atoms with Gasteiger partial charge in [0, 0.05) is 25.7 Å². The molecule has 5 nitrogen and oxygen atoms in total. The number of methoxy groups -OCH3 is 1. The van der Waals surface area contributed by atoms with E-state index in [0.29, 0.717) is 5.88 Å². The molecule has 0 saturated carbocycles. The minimum Gasteiger partial charge on any atom is -0.481 e. The van der Waals surface area contributed by atoms with Crippen LogP contribution in [-0.2, 0) is 4.74 Å². The second-order valence-corrected chi connectivity index (χ2v) is 4.20. The molecular formula is C12H19N3O2. The first-order valence-electron chi connectivity index (χ1n) is 5.88. The smallest absolute Gasteiger partial charge is 0.213 e. The van der Waals surface area contributed by atoms with Crippen molar-refractivity contribution in [2.75, 3.05) is 32.1 Å². The summed E-state index contributed by atoms with van der Waals surface area (Å²) in [7, 11) is 1.61. The monoisotopic (exact) mass is 237 g/mol. The number of morpholine rings is 1. The number of rotatable bonds is 4. The topological polar surface area (TPSA) is 55.4 Å². The van der Waals surface area contributed by atoms with Crippen LogP contribution in [0.25, 0.3) is 0 Å². The van der Waals surface area contributed by atoms with Crippen LogP contribution in [0, 0.1) is 0 Å². The lowest BCUT2D eigenvalue weighted by Gasteiger charge is -2.29. The number of hydrogen-bond acceptors (Lipinski definition) is 5. The van der Waals surface area contributed by atoms with Gasteiger partial charge in [-0.15, -0.1) is 0 Å². The average molecular weight is 237 g/mol. The van der Waals surface area contributed by atoms with E-state index in [4.69, 9.17) is 9.47 Å². The molecule has 1 aliphatic heterocycles. The second kappa shape index (κ2) is 5.84. The predicted molar refractivity (Wildman–Crippen MR) is 66.5 cm³/mol. The Morgan fingerprint density at radius 2 is 2.41 bits per heavy atom. The molecule has 5 heteroatoms. The lowest BCUT2D eigenvalue weighted by atomic mass is 10.2. The minimum absolute atomic E-state index is 0.209. The van der Waals surface area contributed by atoms with Gasteiger partial charge in [-0.3, -0.25) is 0 Å². The van der Waals surface area contributed by atoms with Gasteiger partial charge in [-0.05, 0) is 13.0 Å². The lowest BCUT2D eigenvalue weighted by Crippen LogP contribution is -2.46. The van der Waals surface area contributed by atoms with Crippen LogP contribution in [0.2, 0.25) is 0 Å². The van der Waals surface area contributed by atoms with Crippen LogP contribution in [-0.4, -0.2) is 43.9 Å². The van der Waals surface area contributed by atoms with Crippen LogP contribution in [0.1, 0.15) is 6.92 Å². The fourth-order valence-corrected chi connectivity index (χ4v) is 1.83. The maximum Gasteiger partial charge on any atom is 0.213 e. The summed E-state index contributed by atoms with van der Waals surface area (Å²) >= 11 is 0. The number of aromatic nitrogens is 1. The molecule has 0 radical (unpaired) electrons. The van der Waals surface area contributed by atoms with E-state index < -0.39 is 0 Å². The van der Waals surface area contributed by atoms with Crippen LogP contribution >= 0.6 is 0 Å². The molecule has 1 saturated heterocycles. The first-order valence-corrected chi connectivity index (χ1v) is 5.88. The Kier molecular flexibility index (Phi) is 4.17. The number of pyridine rings is 1. The van der Waals surface area contributed by atoms with Crippen LogP contribution in [0.5, 0.6) is 5.88 Å². The number of nitrogens with one attached hydrogen (secondary N) is 2. The van der Waals surface area contributed by atoms with Crippen LogP contribution in [0.4, 0.5) is 5.69 Å². The van der Waals surface area contributed by atoms with E-state index in [1.54, 1.807) is 13.3 Å². The highest BCUT2D eigenvalue weighted by atomic mass is 16.5. The van der Waals surface area contributed by atoms with Crippen molar-refractivity contribution in [3.8, 4) is 5.88 Å². The molecule has 0 unspecified atom stereocenters. The summed E-state index contributed by atoms with van der Waals surface area (Å²) in [6.45, 7) is 4.68. The van der Waals surface area contributed by atoms with Crippen molar-refractivity contribution in [1.82, 2.24) is 10.3 Å². The van der Waals surface area contributed by atoms with Gasteiger partial charge in [0.15, 0.2) is 0 Å². The Hall–Kier alpha value is -1.33. The van der Waals surface area contributed by atoms with E-state index in [1.807, 2.05) is 12.1 Å². The van der Waals surface area contributed by atoms with Gasteiger partial charge in [0.1, 0.15) is 0 Å². The van der Waals surface area contributed by atoms with Gasteiger partial charge in [0.05, 0.1) is 31.2 Å². The standard InChI is InChI=1S/C12H19N3O2/c1-9-5-13-7-11(17-9)8-14-10-3-4-12(16-2)15-6-10/h3-4,6,9,11,13-14H,5,7-8H2,1-2H3/t9-,11+/m1/s1. The van der Waals surface area contributed by atoms with Crippen molar-refractivity contribution in [3.63, 3.8) is 0 Å². The van der Waals surface area contributed by atoms with E-state index in [2.05, 4.69) is 22.5 Å². The lowest BCUT2D eigenvalue weighted by molar-refractivity contribution is -0.0196. The van der Waals surface area contributed by atoms with Crippen LogP contribution in [0.3, 0.4) is 0 Å². The number of anilines is 1. The van der Waals surface area contributed by atoms with Gasteiger partial charge in [-0.25, -0.2) is 4.98 Å². The van der Waals surface area contributed by atoms with E-state index in [1.165, 1.54) is 0 Å². The first-order chi connectivity index (χ1) is 8.28. The maximum atomic E-state index is 5.78. The van der Waals surface area contributed by atoms with Crippen molar-refractivity contribution >= 4 is 5.69 Å². The van der Waals surface area contributed by atoms with Crippen LogP contribution < -0.4 is 15.4 Å². The van der Waals surface area contributed by atoms with Gasteiger partial charge >= 0.3 is 0 Å². The molecule has 0 bridgehead atoms. The Labute approximate surface area is 102 Å². The zero-order valence-corrected chi connectivity index (χ0v) is 10.3. The molecule has 94 valence electrons. The molecule has 1 aliphatic rings. The molecule has 1 aromatic heterocycles. The van der Waals surface area contributed by atoms with Gasteiger partial charge < -0.3 is 20.1 Å². The van der Waals surface area contributed by atoms with E-state index in [-0.39, 0.29) is 12.2 Å². The van der Waals surface area contributed by atoms with Gasteiger partial charge in [-0.1, -0.05) is 0 Å². The molecule has 2 heterocycles. The Morgan fingerprint density at radius 3 is 3.06 bits per heavy atom. The van der Waals surface area contributed by atoms with Gasteiger partial charge in [0.2, 0.25) is 5.88 Å². The van der Waals surface area contributed by atoms with E-state index >= 15 is 0 Å². The number of nitrogens with zero attached hydrogens (tertiary/aromatic N) is 1. The van der Waals surface area contributed by atoms with Gasteiger partial charge in [-0.2, -0.15) is 0 Å². The Balaban J connectivity index is 1.80. The quantitative estimate of drug-likeness (QED) is 0.814. The third-order valence-electron chi connectivity index (χ3n) is 2.71. The molecular weight excluding hydrogens is 218 g/mol. The van der Waals surface area contributed by atoms with Crippen molar-refractivity contribution in [3.05, 3.63) is 18.3 Å². The summed E-state index contributed by atoms with van der Waals surface area (Å²) in [6, 6.07) is 3.79. The van der Waals surface area contributed by atoms with Crippen molar-refractivity contribution < 1.29 is 9.47 Å². The van der Waals surface area contributed by atoms with E-state index in [9.17, 15) is 0 Å². The highest BCUT2D eigenvalue weighted by molar-refractivity contribution is 5.42. The summed E-state index contributed by atoms with van der Waals surface area (Å²) in [5, 5.41) is 6.64. The largest absolute Gasteiger partial charge is 0.481 e. The zero-order chi connectivity index (χ0) is 12.1.